The maximum Gasteiger partial charge on any atom is 0.254 e. The van der Waals surface area contributed by atoms with E-state index >= 15 is 0 Å². The van der Waals surface area contributed by atoms with Gasteiger partial charge in [-0.3, -0.25) is 9.59 Å². The van der Waals surface area contributed by atoms with Crippen molar-refractivity contribution in [3.63, 3.8) is 0 Å². The van der Waals surface area contributed by atoms with Crippen LogP contribution in [0.3, 0.4) is 0 Å². The fraction of sp³-hybridized carbons (Fsp3) is 0.409. The van der Waals surface area contributed by atoms with Crippen LogP contribution in [0.1, 0.15) is 65.7 Å². The number of carbonyl (C=O) groups is 2. The Hall–Kier alpha value is -2.94. The second-order valence-electron chi connectivity index (χ2n) is 8.10. The molecule has 3 aromatic rings. The molecule has 0 saturated heterocycles. The molecule has 5 rings (SSSR count). The minimum absolute atomic E-state index is 0.156. The van der Waals surface area contributed by atoms with Crippen molar-refractivity contribution in [3.05, 3.63) is 52.9 Å². The summed E-state index contributed by atoms with van der Waals surface area (Å²) in [5.41, 5.74) is 2.10. The molecule has 0 unspecified atom stereocenters. The largest absolute Gasteiger partial charge is 0.329 e. The summed E-state index contributed by atoms with van der Waals surface area (Å²) in [4.78, 5) is 37.0. The van der Waals surface area contributed by atoms with E-state index in [1.165, 1.54) is 35.8 Å². The van der Waals surface area contributed by atoms with Crippen molar-refractivity contribution >= 4 is 23.2 Å². The quantitative estimate of drug-likeness (QED) is 0.618. The molecule has 1 aliphatic heterocycles. The number of rotatable bonds is 3. The molecule has 2 atom stereocenters. The van der Waals surface area contributed by atoms with Crippen molar-refractivity contribution in [2.45, 2.75) is 51.6 Å². The zero-order valence-electron chi connectivity index (χ0n) is 17.3. The van der Waals surface area contributed by atoms with E-state index in [9.17, 15) is 14.0 Å². The molecule has 1 saturated carbocycles. The fourth-order valence-corrected chi connectivity index (χ4v) is 5.32. The number of hydrogen-bond acceptors (Lipinski definition) is 6. The number of Topliss-reactive ketones (excluding diaryl/α,β-unsaturated/α-hetero) is 1. The van der Waals surface area contributed by atoms with Crippen LogP contribution in [-0.2, 0) is 11.3 Å². The Kier molecular flexibility index (Phi) is 4.92. The van der Waals surface area contributed by atoms with Crippen LogP contribution in [0.5, 0.6) is 0 Å². The summed E-state index contributed by atoms with van der Waals surface area (Å²) in [7, 11) is 0. The van der Waals surface area contributed by atoms with Crippen molar-refractivity contribution in [2.75, 3.05) is 6.54 Å². The highest BCUT2D eigenvalue weighted by Gasteiger charge is 2.39. The van der Waals surface area contributed by atoms with Gasteiger partial charge < -0.3 is 9.47 Å². The van der Waals surface area contributed by atoms with Gasteiger partial charge in [0.05, 0.1) is 23.3 Å². The summed E-state index contributed by atoms with van der Waals surface area (Å²) in [5, 5.41) is 0.723. The van der Waals surface area contributed by atoms with E-state index in [-0.39, 0.29) is 29.5 Å². The SMILES string of the molecule is Cc1nsc(-c2nc([C@@H]3CCCC3=O)c3n2CCN(C(=O)c2ccc(F)cc2)[C@@H]3C)n1. The smallest absolute Gasteiger partial charge is 0.254 e. The molecule has 2 aliphatic rings. The first-order valence-electron chi connectivity index (χ1n) is 10.4. The fourth-order valence-electron chi connectivity index (χ4n) is 4.65. The van der Waals surface area contributed by atoms with E-state index in [1.807, 2.05) is 13.8 Å². The summed E-state index contributed by atoms with van der Waals surface area (Å²) in [6.45, 7) is 4.84. The van der Waals surface area contributed by atoms with Gasteiger partial charge in [-0.2, -0.15) is 4.37 Å². The molecule has 2 aromatic heterocycles. The van der Waals surface area contributed by atoms with Gasteiger partial charge in [0.1, 0.15) is 17.4 Å². The minimum Gasteiger partial charge on any atom is -0.329 e. The highest BCUT2D eigenvalue weighted by Crippen LogP contribution is 2.41. The van der Waals surface area contributed by atoms with Crippen molar-refractivity contribution in [1.82, 2.24) is 23.8 Å². The van der Waals surface area contributed by atoms with E-state index in [1.54, 1.807) is 4.90 Å². The van der Waals surface area contributed by atoms with Gasteiger partial charge in [0.15, 0.2) is 10.8 Å². The molecular weight excluding hydrogens is 417 g/mol. The van der Waals surface area contributed by atoms with Gasteiger partial charge in [-0.1, -0.05) is 0 Å². The summed E-state index contributed by atoms with van der Waals surface area (Å²) in [5.74, 6) is 0.837. The molecule has 1 aliphatic carbocycles. The number of hydrogen-bond donors (Lipinski definition) is 0. The molecule has 31 heavy (non-hydrogen) atoms. The number of benzene rings is 1. The third-order valence-corrected chi connectivity index (χ3v) is 6.97. The Morgan fingerprint density at radius 3 is 2.61 bits per heavy atom. The zero-order chi connectivity index (χ0) is 21.7. The Balaban J connectivity index is 1.58. The summed E-state index contributed by atoms with van der Waals surface area (Å²) in [6.07, 6.45) is 2.20. The standard InChI is InChI=1S/C22H22FN5O2S/c1-12-19-18(16-4-3-5-17(16)29)25-20(21-24-13(2)26-31-21)28(19)11-10-27(12)22(30)14-6-8-15(23)9-7-14/h6-9,12,16H,3-5,10-11H2,1-2H3/t12-,16-/m1/s1. The molecule has 0 N–H and O–H groups in total. The monoisotopic (exact) mass is 439 g/mol. The molecule has 1 amide bonds. The maximum atomic E-state index is 13.3. The topological polar surface area (TPSA) is 81.0 Å². The van der Waals surface area contributed by atoms with Gasteiger partial charge in [-0.25, -0.2) is 14.4 Å². The first-order valence-corrected chi connectivity index (χ1v) is 11.2. The third kappa shape index (κ3) is 3.37. The normalized spacial score (nSPS) is 20.9. The number of aromatic nitrogens is 4. The van der Waals surface area contributed by atoms with Crippen molar-refractivity contribution in [2.24, 2.45) is 0 Å². The Morgan fingerprint density at radius 2 is 1.97 bits per heavy atom. The Bertz CT molecular complexity index is 1170. The van der Waals surface area contributed by atoms with Gasteiger partial charge in [-0.15, -0.1) is 0 Å². The highest BCUT2D eigenvalue weighted by atomic mass is 32.1. The maximum absolute atomic E-state index is 13.3. The highest BCUT2D eigenvalue weighted by molar-refractivity contribution is 7.09. The predicted octanol–water partition coefficient (Wildman–Crippen LogP) is 3.90. The number of nitrogens with zero attached hydrogens (tertiary/aromatic N) is 5. The van der Waals surface area contributed by atoms with Gasteiger partial charge in [-0.05, 0) is 62.5 Å². The number of amides is 1. The molecule has 0 spiro atoms. The van der Waals surface area contributed by atoms with Crippen molar-refractivity contribution in [3.8, 4) is 10.8 Å². The number of imidazole rings is 1. The molecule has 0 radical (unpaired) electrons. The average Bonchev–Trinajstić information content (AvgIpc) is 3.46. The lowest BCUT2D eigenvalue weighted by molar-refractivity contribution is -0.118. The summed E-state index contributed by atoms with van der Waals surface area (Å²) < 4.78 is 19.7. The molecule has 3 heterocycles. The number of aryl methyl sites for hydroxylation is 1. The van der Waals surface area contributed by atoms with Crippen molar-refractivity contribution < 1.29 is 14.0 Å². The van der Waals surface area contributed by atoms with Gasteiger partial charge in [0.25, 0.3) is 5.91 Å². The summed E-state index contributed by atoms with van der Waals surface area (Å²) in [6, 6.07) is 5.33. The number of fused-ring (bicyclic) bond motifs is 1. The third-order valence-electron chi connectivity index (χ3n) is 6.17. The van der Waals surface area contributed by atoms with Crippen LogP contribution >= 0.6 is 11.5 Å². The molecule has 160 valence electrons. The van der Waals surface area contributed by atoms with E-state index in [0.29, 0.717) is 30.9 Å². The number of halogens is 1. The minimum atomic E-state index is -0.375. The molecule has 1 aromatic carbocycles. The molecule has 1 fully saturated rings. The van der Waals surface area contributed by atoms with E-state index in [2.05, 4.69) is 13.9 Å². The molecule has 7 nitrogen and oxygen atoms in total. The second kappa shape index (κ2) is 7.64. The Labute approximate surface area is 183 Å². The van der Waals surface area contributed by atoms with Crippen LogP contribution in [0.2, 0.25) is 0 Å². The lowest BCUT2D eigenvalue weighted by Crippen LogP contribution is -2.41. The Morgan fingerprint density at radius 1 is 1.19 bits per heavy atom. The second-order valence-corrected chi connectivity index (χ2v) is 8.85. The van der Waals surface area contributed by atoms with Gasteiger partial charge in [0.2, 0.25) is 0 Å². The van der Waals surface area contributed by atoms with E-state index < -0.39 is 0 Å². The lowest BCUT2D eigenvalue weighted by Gasteiger charge is -2.36. The zero-order valence-corrected chi connectivity index (χ0v) is 18.2. The van der Waals surface area contributed by atoms with Crippen LogP contribution in [0, 0.1) is 12.7 Å². The first-order chi connectivity index (χ1) is 14.9. The number of ketones is 1. The van der Waals surface area contributed by atoms with Gasteiger partial charge in [0, 0.05) is 25.1 Å². The molecule has 0 bridgehead atoms. The molecule has 9 heteroatoms. The van der Waals surface area contributed by atoms with Crippen LogP contribution in [0.25, 0.3) is 10.8 Å². The molecular formula is C22H22FN5O2S. The van der Waals surface area contributed by atoms with Crippen molar-refractivity contribution in [1.29, 1.82) is 0 Å². The van der Waals surface area contributed by atoms with Crippen LogP contribution in [0.4, 0.5) is 4.39 Å². The predicted molar refractivity (Wildman–Crippen MR) is 113 cm³/mol. The van der Waals surface area contributed by atoms with E-state index in [4.69, 9.17) is 4.98 Å². The van der Waals surface area contributed by atoms with Gasteiger partial charge >= 0.3 is 0 Å². The first kappa shape index (κ1) is 20.0. The lowest BCUT2D eigenvalue weighted by atomic mass is 9.96. The van der Waals surface area contributed by atoms with Crippen LogP contribution in [-0.4, -0.2) is 42.0 Å². The average molecular weight is 440 g/mol. The van der Waals surface area contributed by atoms with Crippen LogP contribution in [0.15, 0.2) is 24.3 Å². The van der Waals surface area contributed by atoms with Crippen LogP contribution < -0.4 is 0 Å². The summed E-state index contributed by atoms with van der Waals surface area (Å²) >= 11 is 1.29. The number of carbonyl (C=O) groups excluding carboxylic acids is 2. The van der Waals surface area contributed by atoms with E-state index in [0.717, 1.165) is 35.1 Å².